The maximum Gasteiger partial charge on any atom is 0.241 e. The average Bonchev–Trinajstić information content (AvgIpc) is 2.43. The van der Waals surface area contributed by atoms with Crippen LogP contribution in [-0.2, 0) is 14.8 Å². The van der Waals surface area contributed by atoms with E-state index in [1.165, 1.54) is 17.0 Å². The van der Waals surface area contributed by atoms with E-state index in [2.05, 4.69) is 4.72 Å². The number of carbonyl (C=O) groups is 1. The van der Waals surface area contributed by atoms with Crippen molar-refractivity contribution in [2.24, 2.45) is 5.73 Å². The fraction of sp³-hybridized carbons (Fsp3) is 0.462. The van der Waals surface area contributed by atoms with E-state index >= 15 is 0 Å². The lowest BCUT2D eigenvalue weighted by Gasteiger charge is -2.13. The van der Waals surface area contributed by atoms with Gasteiger partial charge < -0.3 is 10.6 Å². The van der Waals surface area contributed by atoms with E-state index in [9.17, 15) is 13.2 Å². The fourth-order valence-corrected chi connectivity index (χ4v) is 2.58. The summed E-state index contributed by atoms with van der Waals surface area (Å²) in [5.41, 5.74) is 6.65. The molecular formula is C13H21N3O3S. The molecule has 0 spiro atoms. The van der Waals surface area contributed by atoms with Crippen molar-refractivity contribution in [2.45, 2.75) is 24.3 Å². The molecule has 0 radical (unpaired) electrons. The number of hydrogen-bond acceptors (Lipinski definition) is 4. The summed E-state index contributed by atoms with van der Waals surface area (Å²) in [4.78, 5) is 12.9. The van der Waals surface area contributed by atoms with E-state index in [4.69, 9.17) is 5.73 Å². The van der Waals surface area contributed by atoms with Gasteiger partial charge in [-0.1, -0.05) is 19.1 Å². The molecule has 20 heavy (non-hydrogen) atoms. The van der Waals surface area contributed by atoms with E-state index in [0.29, 0.717) is 0 Å². The molecule has 1 unspecified atom stereocenters. The molecule has 0 saturated carbocycles. The second kappa shape index (κ2) is 6.83. The maximum atomic E-state index is 12.1. The van der Waals surface area contributed by atoms with Crippen molar-refractivity contribution in [1.29, 1.82) is 0 Å². The zero-order valence-corrected chi connectivity index (χ0v) is 12.8. The van der Waals surface area contributed by atoms with E-state index in [1.807, 2.05) is 6.92 Å². The third-order valence-corrected chi connectivity index (χ3v) is 4.35. The number of likely N-dealkylation sites (N-methyl/N-ethyl adjacent to an activating group) is 1. The lowest BCUT2D eigenvalue weighted by Crippen LogP contribution is -2.36. The van der Waals surface area contributed by atoms with Crippen molar-refractivity contribution >= 4 is 15.9 Å². The molecule has 0 bridgehead atoms. The summed E-state index contributed by atoms with van der Waals surface area (Å²) in [6, 6.07) is 6.25. The van der Waals surface area contributed by atoms with Crippen LogP contribution in [0.2, 0.25) is 0 Å². The minimum Gasteiger partial charge on any atom is -0.348 e. The smallest absolute Gasteiger partial charge is 0.241 e. The second-order valence-electron chi connectivity index (χ2n) is 4.70. The molecule has 0 aliphatic carbocycles. The number of carbonyl (C=O) groups excluding carboxylic acids is 1. The minimum absolute atomic E-state index is 0.116. The van der Waals surface area contributed by atoms with Crippen LogP contribution < -0.4 is 10.5 Å². The lowest BCUT2D eigenvalue weighted by atomic mass is 10.1. The number of amides is 1. The third-order valence-electron chi connectivity index (χ3n) is 2.95. The summed E-state index contributed by atoms with van der Waals surface area (Å²) >= 11 is 0. The van der Waals surface area contributed by atoms with Gasteiger partial charge >= 0.3 is 0 Å². The first-order valence-electron chi connectivity index (χ1n) is 6.33. The number of nitrogens with zero attached hydrogens (tertiary/aromatic N) is 1. The monoisotopic (exact) mass is 299 g/mol. The van der Waals surface area contributed by atoms with Crippen molar-refractivity contribution in [2.75, 3.05) is 20.6 Å². The standard InChI is InChI=1S/C13H21N3O3S/c1-4-12(14)10-6-5-7-11(8-10)20(18,19)15-9-13(17)16(2)3/h5-8,12,15H,4,9,14H2,1-3H3. The van der Waals surface area contributed by atoms with Crippen LogP contribution in [0.15, 0.2) is 29.2 Å². The molecule has 112 valence electrons. The Morgan fingerprint density at radius 1 is 1.40 bits per heavy atom. The number of rotatable bonds is 6. The van der Waals surface area contributed by atoms with Gasteiger partial charge in [-0.05, 0) is 24.1 Å². The summed E-state index contributed by atoms with van der Waals surface area (Å²) in [6.45, 7) is 1.67. The van der Waals surface area contributed by atoms with Gasteiger partial charge in [0.2, 0.25) is 15.9 Å². The first-order chi connectivity index (χ1) is 9.27. The lowest BCUT2D eigenvalue weighted by molar-refractivity contribution is -0.127. The molecule has 0 aromatic heterocycles. The van der Waals surface area contributed by atoms with Crippen LogP contribution in [0.5, 0.6) is 0 Å². The summed E-state index contributed by atoms with van der Waals surface area (Å²) in [5, 5.41) is 0. The largest absolute Gasteiger partial charge is 0.348 e. The van der Waals surface area contributed by atoms with Gasteiger partial charge in [0.1, 0.15) is 0 Å². The Morgan fingerprint density at radius 3 is 2.60 bits per heavy atom. The molecule has 1 atom stereocenters. The Bertz CT molecular complexity index is 570. The Kier molecular flexibility index (Phi) is 5.67. The number of hydrogen-bond donors (Lipinski definition) is 2. The van der Waals surface area contributed by atoms with Gasteiger partial charge in [-0.3, -0.25) is 4.79 Å². The molecule has 1 amide bonds. The quantitative estimate of drug-likeness (QED) is 0.798. The highest BCUT2D eigenvalue weighted by atomic mass is 32.2. The predicted molar refractivity (Wildman–Crippen MR) is 77.5 cm³/mol. The van der Waals surface area contributed by atoms with Gasteiger partial charge in [-0.25, -0.2) is 13.1 Å². The zero-order chi connectivity index (χ0) is 15.3. The van der Waals surface area contributed by atoms with Crippen LogP contribution in [0.3, 0.4) is 0 Å². The van der Waals surface area contributed by atoms with E-state index in [1.54, 1.807) is 26.2 Å². The van der Waals surface area contributed by atoms with Gasteiger partial charge in [0.05, 0.1) is 11.4 Å². The first-order valence-corrected chi connectivity index (χ1v) is 7.81. The van der Waals surface area contributed by atoms with Gasteiger partial charge in [0.15, 0.2) is 0 Å². The van der Waals surface area contributed by atoms with Gasteiger partial charge in [0.25, 0.3) is 0 Å². The Balaban J connectivity index is 2.90. The highest BCUT2D eigenvalue weighted by Crippen LogP contribution is 2.18. The molecule has 0 fully saturated rings. The molecular weight excluding hydrogens is 278 g/mol. The molecule has 1 aromatic carbocycles. The highest BCUT2D eigenvalue weighted by Gasteiger charge is 2.17. The van der Waals surface area contributed by atoms with E-state index < -0.39 is 10.0 Å². The number of nitrogens with two attached hydrogens (primary N) is 1. The van der Waals surface area contributed by atoms with Gasteiger partial charge in [0, 0.05) is 20.1 Å². The fourth-order valence-electron chi connectivity index (χ4n) is 1.55. The summed E-state index contributed by atoms with van der Waals surface area (Å²) < 4.78 is 26.5. The zero-order valence-electron chi connectivity index (χ0n) is 12.0. The SMILES string of the molecule is CCC(N)c1cccc(S(=O)(=O)NCC(=O)N(C)C)c1. The highest BCUT2D eigenvalue weighted by molar-refractivity contribution is 7.89. The van der Waals surface area contributed by atoms with Gasteiger partial charge in [-0.15, -0.1) is 0 Å². The third kappa shape index (κ3) is 4.29. The maximum absolute atomic E-state index is 12.1. The summed E-state index contributed by atoms with van der Waals surface area (Å²) in [7, 11) is -0.572. The Hall–Kier alpha value is -1.44. The molecule has 1 rings (SSSR count). The predicted octanol–water partition coefficient (Wildman–Crippen LogP) is 0.463. The molecule has 7 heteroatoms. The van der Waals surface area contributed by atoms with Crippen LogP contribution in [-0.4, -0.2) is 39.9 Å². The van der Waals surface area contributed by atoms with Crippen molar-refractivity contribution in [3.63, 3.8) is 0 Å². The summed E-state index contributed by atoms with van der Waals surface area (Å²) in [6.07, 6.45) is 0.718. The van der Waals surface area contributed by atoms with Crippen LogP contribution in [0.4, 0.5) is 0 Å². The molecule has 6 nitrogen and oxygen atoms in total. The normalized spacial score (nSPS) is 13.0. The molecule has 3 N–H and O–H groups in total. The van der Waals surface area contributed by atoms with Gasteiger partial charge in [-0.2, -0.15) is 0 Å². The molecule has 0 aliphatic heterocycles. The topological polar surface area (TPSA) is 92.5 Å². The van der Waals surface area contributed by atoms with Crippen LogP contribution in [0.1, 0.15) is 24.9 Å². The van der Waals surface area contributed by atoms with Crippen molar-refractivity contribution in [3.05, 3.63) is 29.8 Å². The average molecular weight is 299 g/mol. The Morgan fingerprint density at radius 2 is 2.05 bits per heavy atom. The minimum atomic E-state index is -3.71. The molecule has 0 saturated heterocycles. The number of benzene rings is 1. The second-order valence-corrected chi connectivity index (χ2v) is 6.47. The Labute approximate surface area is 120 Å². The number of nitrogens with one attached hydrogen (secondary N) is 1. The summed E-state index contributed by atoms with van der Waals surface area (Å²) in [5.74, 6) is -0.310. The van der Waals surface area contributed by atoms with Crippen molar-refractivity contribution < 1.29 is 13.2 Å². The molecule has 0 heterocycles. The van der Waals surface area contributed by atoms with E-state index in [-0.39, 0.29) is 23.4 Å². The van der Waals surface area contributed by atoms with Crippen molar-refractivity contribution in [3.8, 4) is 0 Å². The van der Waals surface area contributed by atoms with Crippen LogP contribution in [0.25, 0.3) is 0 Å². The van der Waals surface area contributed by atoms with Crippen LogP contribution >= 0.6 is 0 Å². The number of sulfonamides is 1. The van der Waals surface area contributed by atoms with E-state index in [0.717, 1.165) is 12.0 Å². The molecule has 1 aromatic rings. The van der Waals surface area contributed by atoms with Crippen molar-refractivity contribution in [1.82, 2.24) is 9.62 Å². The molecule has 0 aliphatic rings. The van der Waals surface area contributed by atoms with Crippen LogP contribution in [0, 0.1) is 0 Å². The first kappa shape index (κ1) is 16.6.